The van der Waals surface area contributed by atoms with Crippen molar-refractivity contribution in [2.75, 3.05) is 62.6 Å². The third-order valence-corrected chi connectivity index (χ3v) is 14.4. The largest absolute Gasteiger partial charge is 0.507 e. The van der Waals surface area contributed by atoms with Crippen LogP contribution in [-0.2, 0) is 9.59 Å². The number of carbonyl (C=O) groups excluding carboxylic acids is 2. The Morgan fingerprint density at radius 3 is 2.61 bits per heavy atom. The molecule has 338 valence electrons. The van der Waals surface area contributed by atoms with E-state index in [9.17, 15) is 19.8 Å². The molecule has 3 aromatic heterocycles. The van der Waals surface area contributed by atoms with Crippen LogP contribution in [0, 0.1) is 12.8 Å². The standard InChI is InChI=1S/C47H58N10O6S/c1-27(2)43(47(61)57-25-35(58)18-39(57)46(60)50-29(4)31-10-12-32(13-11-31)44-30(5)49-26-64-44)41-20-42(53-63-41)62-17-16-54-15-14-33(23-54)55-24-34-21-48-45-38(56(34)22-28(55)3)19-37(51-52-45)36-8-6-7-9-40(36)59/h6-13,19-20,26-29,33-35,39,43,58-59H,14-18,21-25H2,1-5H3,(H,48,52)(H,50,60)/t28-,29-,33?,34-,35+,39-,43+/m0/s1. The van der Waals surface area contributed by atoms with E-state index >= 15 is 0 Å². The molecule has 0 aliphatic carbocycles. The number of anilines is 2. The van der Waals surface area contributed by atoms with Crippen LogP contribution in [0.3, 0.4) is 0 Å². The lowest BCUT2D eigenvalue weighted by molar-refractivity contribution is -0.141. The molecule has 4 aliphatic rings. The van der Waals surface area contributed by atoms with E-state index in [1.165, 1.54) is 4.90 Å². The maximum Gasteiger partial charge on any atom is 0.254 e. The second-order valence-corrected chi connectivity index (χ2v) is 19.0. The van der Waals surface area contributed by atoms with Crippen molar-refractivity contribution in [3.63, 3.8) is 0 Å². The minimum Gasteiger partial charge on any atom is -0.507 e. The molecule has 17 heteroatoms. The third-order valence-electron chi connectivity index (χ3n) is 13.4. The summed E-state index contributed by atoms with van der Waals surface area (Å²) in [6.45, 7) is 15.8. The smallest absolute Gasteiger partial charge is 0.254 e. The van der Waals surface area contributed by atoms with Gasteiger partial charge < -0.3 is 39.9 Å². The third kappa shape index (κ3) is 8.90. The zero-order chi connectivity index (χ0) is 44.6. The molecule has 2 amide bonds. The Morgan fingerprint density at radius 2 is 1.84 bits per heavy atom. The first-order valence-electron chi connectivity index (χ1n) is 22.4. The van der Waals surface area contributed by atoms with Gasteiger partial charge in [0.15, 0.2) is 11.6 Å². The van der Waals surface area contributed by atoms with Crippen molar-refractivity contribution in [2.24, 2.45) is 5.92 Å². The number of β-amino-alcohol motifs (C(OH)–C–C–N with tert-alkyl or cyclic N) is 1. The number of carbonyl (C=O) groups is 2. The first kappa shape index (κ1) is 43.6. The van der Waals surface area contributed by atoms with Gasteiger partial charge in [-0.2, -0.15) is 0 Å². The Morgan fingerprint density at radius 1 is 1.03 bits per heavy atom. The number of phenols is 1. The van der Waals surface area contributed by atoms with Gasteiger partial charge in [0.1, 0.15) is 24.3 Å². The van der Waals surface area contributed by atoms with Crippen LogP contribution in [-0.4, -0.2) is 140 Å². The maximum atomic E-state index is 14.2. The van der Waals surface area contributed by atoms with Gasteiger partial charge in [-0.1, -0.05) is 50.2 Å². The number of aryl methyl sites for hydroxylation is 1. The van der Waals surface area contributed by atoms with E-state index in [1.807, 2.05) is 75.7 Å². The number of benzene rings is 2. The Balaban J connectivity index is 0.768. The Labute approximate surface area is 377 Å². The summed E-state index contributed by atoms with van der Waals surface area (Å²) in [7, 11) is 0. The molecule has 4 aliphatic heterocycles. The van der Waals surface area contributed by atoms with Crippen LogP contribution < -0.4 is 20.3 Å². The number of aliphatic hydroxyl groups is 1. The van der Waals surface area contributed by atoms with Gasteiger partial charge in [0.2, 0.25) is 11.8 Å². The van der Waals surface area contributed by atoms with Crippen molar-refractivity contribution in [3.05, 3.63) is 83.2 Å². The lowest BCUT2D eigenvalue weighted by Gasteiger charge is -2.50. The molecule has 9 rings (SSSR count). The molecule has 0 saturated carbocycles. The minimum absolute atomic E-state index is 0.0582. The van der Waals surface area contributed by atoms with Crippen molar-refractivity contribution >= 4 is 34.7 Å². The number of nitrogens with zero attached hydrogens (tertiary/aromatic N) is 8. The van der Waals surface area contributed by atoms with Gasteiger partial charge >= 0.3 is 0 Å². The van der Waals surface area contributed by atoms with E-state index in [-0.39, 0.29) is 48.5 Å². The van der Waals surface area contributed by atoms with E-state index in [4.69, 9.17) is 9.26 Å². The highest BCUT2D eigenvalue weighted by molar-refractivity contribution is 7.13. The molecule has 0 radical (unpaired) electrons. The molecule has 7 heterocycles. The van der Waals surface area contributed by atoms with Gasteiger partial charge in [-0.15, -0.1) is 21.5 Å². The summed E-state index contributed by atoms with van der Waals surface area (Å²) in [5, 5.41) is 40.8. The normalized spacial score (nSPS) is 23.4. The molecule has 0 spiro atoms. The number of rotatable bonds is 13. The highest BCUT2D eigenvalue weighted by atomic mass is 32.1. The number of ether oxygens (including phenoxy) is 1. The number of hydrogen-bond acceptors (Lipinski definition) is 15. The minimum atomic E-state index is -0.824. The molecule has 16 nitrogen and oxygen atoms in total. The molecule has 5 aromatic rings. The fourth-order valence-electron chi connectivity index (χ4n) is 9.97. The van der Waals surface area contributed by atoms with Crippen LogP contribution in [0.15, 0.2) is 70.7 Å². The van der Waals surface area contributed by atoms with E-state index < -0.39 is 18.1 Å². The van der Waals surface area contributed by atoms with E-state index in [0.29, 0.717) is 41.6 Å². The lowest BCUT2D eigenvalue weighted by Crippen LogP contribution is -2.63. The molecule has 64 heavy (non-hydrogen) atoms. The van der Waals surface area contributed by atoms with Crippen molar-refractivity contribution < 1.29 is 29.1 Å². The number of hydrogen-bond donors (Lipinski definition) is 4. The molecule has 4 N–H and O–H groups in total. The van der Waals surface area contributed by atoms with Crippen molar-refractivity contribution in [1.29, 1.82) is 0 Å². The molecule has 2 aromatic carbocycles. The van der Waals surface area contributed by atoms with Gasteiger partial charge in [0.25, 0.3) is 5.88 Å². The number of fused-ring (bicyclic) bond motifs is 3. The van der Waals surface area contributed by atoms with Crippen LogP contribution >= 0.6 is 11.3 Å². The summed E-state index contributed by atoms with van der Waals surface area (Å²) >= 11 is 1.59. The first-order chi connectivity index (χ1) is 30.9. The number of aliphatic hydroxyl groups excluding tert-OH is 1. The highest BCUT2D eigenvalue weighted by Crippen LogP contribution is 2.38. The number of para-hydroxylation sites is 1. The predicted molar refractivity (Wildman–Crippen MR) is 244 cm³/mol. The number of likely N-dealkylation sites (tertiary alicyclic amines) is 2. The van der Waals surface area contributed by atoms with Crippen LogP contribution in [0.4, 0.5) is 11.5 Å². The van der Waals surface area contributed by atoms with Gasteiger partial charge in [0.05, 0.1) is 45.7 Å². The number of aromatic nitrogens is 4. The van der Waals surface area contributed by atoms with Crippen molar-refractivity contribution in [1.82, 2.24) is 40.4 Å². The summed E-state index contributed by atoms with van der Waals surface area (Å²) in [5.41, 5.74) is 7.17. The summed E-state index contributed by atoms with van der Waals surface area (Å²) in [4.78, 5) is 42.5. The topological polar surface area (TPSA) is 186 Å². The lowest BCUT2D eigenvalue weighted by atomic mass is 9.91. The van der Waals surface area contributed by atoms with Crippen molar-refractivity contribution in [3.8, 4) is 33.3 Å². The van der Waals surface area contributed by atoms with Gasteiger partial charge in [-0.05, 0) is 74.1 Å². The number of piperazine rings is 1. The zero-order valence-electron chi connectivity index (χ0n) is 37.1. The number of aromatic hydroxyl groups is 1. The molecule has 3 saturated heterocycles. The zero-order valence-corrected chi connectivity index (χ0v) is 37.9. The first-order valence-corrected chi connectivity index (χ1v) is 23.3. The molecular weight excluding hydrogens is 833 g/mol. The summed E-state index contributed by atoms with van der Waals surface area (Å²) < 4.78 is 11.9. The van der Waals surface area contributed by atoms with Crippen LogP contribution in [0.1, 0.15) is 69.5 Å². The molecule has 7 atom stereocenters. The van der Waals surface area contributed by atoms with E-state index in [0.717, 1.165) is 78.9 Å². The molecular formula is C47H58N10O6S. The Bertz CT molecular complexity index is 2440. The van der Waals surface area contributed by atoms with Crippen LogP contribution in [0.5, 0.6) is 11.6 Å². The average molecular weight is 891 g/mol. The highest BCUT2D eigenvalue weighted by Gasteiger charge is 2.44. The van der Waals surface area contributed by atoms with Crippen molar-refractivity contribution in [2.45, 2.75) is 89.7 Å². The number of phenolic OH excluding ortho intramolecular Hbond substituents is 1. The van der Waals surface area contributed by atoms with Gasteiger partial charge in [0, 0.05) is 69.4 Å². The van der Waals surface area contributed by atoms with E-state index in [2.05, 4.69) is 52.6 Å². The summed E-state index contributed by atoms with van der Waals surface area (Å²) in [5.74, 6) is 0.169. The van der Waals surface area contributed by atoms with Gasteiger partial charge in [-0.3, -0.25) is 19.4 Å². The number of thiazole rings is 1. The van der Waals surface area contributed by atoms with Crippen LogP contribution in [0.25, 0.3) is 21.7 Å². The maximum absolute atomic E-state index is 14.2. The predicted octanol–water partition coefficient (Wildman–Crippen LogP) is 5.31. The molecule has 1 unspecified atom stereocenters. The summed E-state index contributed by atoms with van der Waals surface area (Å²) in [6, 6.07) is 18.9. The number of amides is 2. The SMILES string of the molecule is Cc1ncsc1-c1ccc([C@H](C)NC(=O)[C@@H]2C[C@@H](O)CN2C(=O)[C@@H](c2cc(OCCN3CCC(N4C[C@@H]5CNc6nnc(-c7ccccc7O)cc6N5C[C@@H]4C)C3)no2)C(C)C)cc1. The monoisotopic (exact) mass is 890 g/mol. The fourth-order valence-corrected chi connectivity index (χ4v) is 10.8. The second kappa shape index (κ2) is 18.5. The molecule has 3 fully saturated rings. The Kier molecular flexibility index (Phi) is 12.6. The Hall–Kier alpha value is -5.62. The van der Waals surface area contributed by atoms with E-state index in [1.54, 1.807) is 29.5 Å². The van der Waals surface area contributed by atoms with Crippen LogP contribution in [0.2, 0.25) is 0 Å². The number of nitrogens with one attached hydrogen (secondary N) is 2. The quantitative estimate of drug-likeness (QED) is 0.119. The van der Waals surface area contributed by atoms with Gasteiger partial charge in [-0.25, -0.2) is 4.98 Å². The fraction of sp³-hybridized carbons (Fsp3) is 0.489. The average Bonchev–Trinajstić information content (AvgIpc) is 4.12. The second-order valence-electron chi connectivity index (χ2n) is 18.1. The summed E-state index contributed by atoms with van der Waals surface area (Å²) in [6.07, 6.45) is 0.403. The molecule has 0 bridgehead atoms.